The SMILES string of the molecule is CCNC(=NCc1sccc1C)NC1C2CCOC2C12CCCC2. The Morgan fingerprint density at radius 2 is 2.25 bits per heavy atom. The highest BCUT2D eigenvalue weighted by molar-refractivity contribution is 7.10. The quantitative estimate of drug-likeness (QED) is 0.648. The largest absolute Gasteiger partial charge is 0.377 e. The average molecular weight is 348 g/mol. The number of rotatable bonds is 4. The minimum absolute atomic E-state index is 0.371. The van der Waals surface area contributed by atoms with E-state index in [1.165, 1.54) is 42.5 Å². The molecule has 5 heteroatoms. The molecule has 0 amide bonds. The van der Waals surface area contributed by atoms with Crippen LogP contribution >= 0.6 is 11.3 Å². The van der Waals surface area contributed by atoms with Gasteiger partial charge >= 0.3 is 0 Å². The lowest BCUT2D eigenvalue weighted by Crippen LogP contribution is -2.69. The fourth-order valence-corrected chi connectivity index (χ4v) is 5.92. The summed E-state index contributed by atoms with van der Waals surface area (Å²) in [5, 5.41) is 9.41. The van der Waals surface area contributed by atoms with Crippen molar-refractivity contribution in [1.29, 1.82) is 0 Å². The molecule has 1 spiro atoms. The van der Waals surface area contributed by atoms with E-state index < -0.39 is 0 Å². The monoisotopic (exact) mass is 347 g/mol. The van der Waals surface area contributed by atoms with Gasteiger partial charge in [-0.2, -0.15) is 0 Å². The van der Waals surface area contributed by atoms with Gasteiger partial charge in [-0.15, -0.1) is 11.3 Å². The third-order valence-electron chi connectivity index (χ3n) is 6.27. The lowest BCUT2D eigenvalue weighted by molar-refractivity contribution is -0.125. The summed E-state index contributed by atoms with van der Waals surface area (Å²) in [7, 11) is 0. The Labute approximate surface area is 149 Å². The van der Waals surface area contributed by atoms with Gasteiger partial charge in [0.1, 0.15) is 0 Å². The molecule has 3 unspecified atom stereocenters. The highest BCUT2D eigenvalue weighted by Gasteiger charge is 2.65. The first-order valence-corrected chi connectivity index (χ1v) is 10.3. The first-order chi connectivity index (χ1) is 11.7. The molecule has 132 valence electrons. The topological polar surface area (TPSA) is 45.7 Å². The van der Waals surface area contributed by atoms with E-state index in [-0.39, 0.29) is 0 Å². The smallest absolute Gasteiger partial charge is 0.191 e. The molecular weight excluding hydrogens is 318 g/mol. The van der Waals surface area contributed by atoms with Crippen LogP contribution in [-0.4, -0.2) is 31.3 Å². The molecular formula is C19H29N3OS. The molecule has 2 N–H and O–H groups in total. The van der Waals surface area contributed by atoms with Crippen molar-refractivity contribution in [1.82, 2.24) is 10.6 Å². The molecule has 1 saturated heterocycles. The molecule has 0 bridgehead atoms. The van der Waals surface area contributed by atoms with Gasteiger partial charge in [-0.1, -0.05) is 12.8 Å². The maximum absolute atomic E-state index is 6.10. The molecule has 2 saturated carbocycles. The zero-order valence-corrected chi connectivity index (χ0v) is 15.6. The number of aliphatic imine (C=N–C) groups is 1. The highest BCUT2D eigenvalue weighted by Crippen LogP contribution is 2.60. The van der Waals surface area contributed by atoms with Gasteiger partial charge in [0, 0.05) is 35.4 Å². The van der Waals surface area contributed by atoms with Crippen molar-refractivity contribution in [2.75, 3.05) is 13.2 Å². The minimum Gasteiger partial charge on any atom is -0.377 e. The summed E-state index contributed by atoms with van der Waals surface area (Å²) in [4.78, 5) is 6.23. The normalized spacial score (nSPS) is 31.1. The molecule has 0 radical (unpaired) electrons. The van der Waals surface area contributed by atoms with Gasteiger partial charge in [-0.25, -0.2) is 4.99 Å². The number of ether oxygens (including phenoxy) is 1. The minimum atomic E-state index is 0.371. The summed E-state index contributed by atoms with van der Waals surface area (Å²) in [6, 6.07) is 2.71. The van der Waals surface area contributed by atoms with Gasteiger partial charge in [0.15, 0.2) is 5.96 Å². The van der Waals surface area contributed by atoms with Crippen LogP contribution in [0, 0.1) is 18.3 Å². The van der Waals surface area contributed by atoms with E-state index in [9.17, 15) is 0 Å². The fourth-order valence-electron chi connectivity index (χ4n) is 5.09. The summed E-state index contributed by atoms with van der Waals surface area (Å²) in [5.74, 6) is 1.65. The van der Waals surface area contributed by atoms with Crippen LogP contribution in [0.1, 0.15) is 49.5 Å². The summed E-state index contributed by atoms with van der Waals surface area (Å²) < 4.78 is 6.10. The average Bonchev–Trinajstić information content (AvgIpc) is 3.30. The standard InChI is InChI=1S/C19H29N3OS/c1-3-20-18(21-12-15-13(2)7-11-24-15)22-16-14-6-10-23-17(14)19(16)8-4-5-9-19/h7,11,14,16-17H,3-6,8-10,12H2,1-2H3,(H2,20,21,22). The number of hydrogen-bond acceptors (Lipinski definition) is 3. The van der Waals surface area contributed by atoms with E-state index in [0.717, 1.165) is 25.7 Å². The number of hydrogen-bond donors (Lipinski definition) is 2. The van der Waals surface area contributed by atoms with Crippen LogP contribution in [0.5, 0.6) is 0 Å². The molecule has 3 atom stereocenters. The second-order valence-electron chi connectivity index (χ2n) is 7.53. The second-order valence-corrected chi connectivity index (χ2v) is 8.53. The molecule has 2 heterocycles. The van der Waals surface area contributed by atoms with Gasteiger partial charge in [0.25, 0.3) is 0 Å². The Kier molecular flexibility index (Phi) is 4.56. The Morgan fingerprint density at radius 3 is 2.96 bits per heavy atom. The van der Waals surface area contributed by atoms with Crippen molar-refractivity contribution < 1.29 is 4.74 Å². The van der Waals surface area contributed by atoms with Gasteiger partial charge in [0.05, 0.1) is 12.6 Å². The van der Waals surface area contributed by atoms with Crippen LogP contribution in [0.15, 0.2) is 16.4 Å². The fraction of sp³-hybridized carbons (Fsp3) is 0.737. The molecule has 0 aromatic carbocycles. The molecule has 3 aliphatic rings. The predicted octanol–water partition coefficient (Wildman–Crippen LogP) is 3.46. The summed E-state index contributed by atoms with van der Waals surface area (Å²) >= 11 is 1.80. The van der Waals surface area contributed by atoms with E-state index in [1.807, 2.05) is 0 Å². The number of nitrogens with one attached hydrogen (secondary N) is 2. The van der Waals surface area contributed by atoms with Crippen molar-refractivity contribution in [2.24, 2.45) is 16.3 Å². The lowest BCUT2D eigenvalue weighted by atomic mass is 9.54. The molecule has 1 aliphatic heterocycles. The molecule has 4 nitrogen and oxygen atoms in total. The summed E-state index contributed by atoms with van der Waals surface area (Å²) in [6.45, 7) is 6.92. The lowest BCUT2D eigenvalue weighted by Gasteiger charge is -2.57. The van der Waals surface area contributed by atoms with E-state index in [4.69, 9.17) is 9.73 Å². The Morgan fingerprint density at radius 1 is 1.42 bits per heavy atom. The third kappa shape index (κ3) is 2.66. The maximum Gasteiger partial charge on any atom is 0.191 e. The van der Waals surface area contributed by atoms with Crippen LogP contribution < -0.4 is 10.6 Å². The van der Waals surface area contributed by atoms with Gasteiger partial charge in [-0.3, -0.25) is 0 Å². The molecule has 2 aliphatic carbocycles. The summed E-state index contributed by atoms with van der Waals surface area (Å²) in [5.41, 5.74) is 1.72. The number of nitrogens with zero attached hydrogens (tertiary/aromatic N) is 1. The van der Waals surface area contributed by atoms with E-state index in [0.29, 0.717) is 23.5 Å². The molecule has 1 aromatic rings. The van der Waals surface area contributed by atoms with Crippen LogP contribution in [0.25, 0.3) is 0 Å². The molecule has 24 heavy (non-hydrogen) atoms. The number of aryl methyl sites for hydroxylation is 1. The predicted molar refractivity (Wildman–Crippen MR) is 99.5 cm³/mol. The maximum atomic E-state index is 6.10. The first-order valence-electron chi connectivity index (χ1n) is 9.44. The molecule has 4 rings (SSSR count). The number of guanidine groups is 1. The Balaban J connectivity index is 1.49. The van der Waals surface area contributed by atoms with E-state index in [1.54, 1.807) is 11.3 Å². The Hall–Kier alpha value is -1.07. The Bertz CT molecular complexity index is 606. The second kappa shape index (κ2) is 6.68. The van der Waals surface area contributed by atoms with Crippen molar-refractivity contribution in [3.63, 3.8) is 0 Å². The van der Waals surface area contributed by atoms with E-state index in [2.05, 4.69) is 35.9 Å². The zero-order chi connectivity index (χ0) is 16.6. The van der Waals surface area contributed by atoms with Crippen LogP contribution in [0.3, 0.4) is 0 Å². The third-order valence-corrected chi connectivity index (χ3v) is 7.28. The van der Waals surface area contributed by atoms with Crippen molar-refractivity contribution in [3.8, 4) is 0 Å². The summed E-state index contributed by atoms with van der Waals surface area (Å²) in [6.07, 6.45) is 7.04. The number of fused-ring (bicyclic) bond motifs is 2. The molecule has 1 aromatic heterocycles. The van der Waals surface area contributed by atoms with Crippen LogP contribution in [-0.2, 0) is 11.3 Å². The number of thiophene rings is 1. The zero-order valence-electron chi connectivity index (χ0n) is 14.8. The van der Waals surface area contributed by atoms with Gasteiger partial charge < -0.3 is 15.4 Å². The van der Waals surface area contributed by atoms with Crippen LogP contribution in [0.2, 0.25) is 0 Å². The molecule has 3 fully saturated rings. The van der Waals surface area contributed by atoms with Crippen molar-refractivity contribution in [3.05, 3.63) is 21.9 Å². The van der Waals surface area contributed by atoms with Gasteiger partial charge in [0.2, 0.25) is 0 Å². The van der Waals surface area contributed by atoms with E-state index >= 15 is 0 Å². The van der Waals surface area contributed by atoms with Gasteiger partial charge in [-0.05, 0) is 50.1 Å². The van der Waals surface area contributed by atoms with Crippen molar-refractivity contribution in [2.45, 2.75) is 64.6 Å². The van der Waals surface area contributed by atoms with Crippen LogP contribution in [0.4, 0.5) is 0 Å². The highest BCUT2D eigenvalue weighted by atomic mass is 32.1. The van der Waals surface area contributed by atoms with Crippen molar-refractivity contribution >= 4 is 17.3 Å². The first kappa shape index (κ1) is 16.4.